The van der Waals surface area contributed by atoms with Crippen molar-refractivity contribution in [3.8, 4) is 5.97 Å². The highest BCUT2D eigenvalue weighted by Crippen LogP contribution is 1.89. The minimum atomic E-state index is -0.329. The molecule has 0 saturated carbocycles. The van der Waals surface area contributed by atoms with Gasteiger partial charge in [-0.05, 0) is 40.0 Å². The van der Waals surface area contributed by atoms with Crippen LogP contribution in [0.5, 0.6) is 0 Å². The molecule has 1 N–H and O–H groups in total. The molecule has 6 nitrogen and oxygen atoms in total. The summed E-state index contributed by atoms with van der Waals surface area (Å²) in [4.78, 5) is 26.8. The maximum atomic E-state index is 11.4. The minimum absolute atomic E-state index is 0.302. The van der Waals surface area contributed by atoms with Gasteiger partial charge in [-0.15, -0.1) is 0 Å². The van der Waals surface area contributed by atoms with E-state index in [9.17, 15) is 9.59 Å². The van der Waals surface area contributed by atoms with E-state index in [-0.39, 0.29) is 11.2 Å². The number of nitrogens with zero attached hydrogens (tertiary/aromatic N) is 3. The summed E-state index contributed by atoms with van der Waals surface area (Å²) in [6.45, 7) is 3.25. The van der Waals surface area contributed by atoms with E-state index in [1.54, 1.807) is 17.7 Å². The summed E-state index contributed by atoms with van der Waals surface area (Å²) in [6, 6.07) is 0. The summed E-state index contributed by atoms with van der Waals surface area (Å²) >= 11 is 0. The highest BCUT2D eigenvalue weighted by atomic mass is 16.2. The smallest absolute Gasteiger partial charge is 0.309 e. The SMILES string of the molecule is Cc1cn(CCCN(C)C)c(=O)[nH]c1=O.[B]C#N. The second-order valence-electron chi connectivity index (χ2n) is 4.05. The first-order valence-electron chi connectivity index (χ1n) is 5.47. The molecule has 7 heteroatoms. The molecule has 0 aliphatic carbocycles. The zero-order valence-corrected chi connectivity index (χ0v) is 10.9. The van der Waals surface area contributed by atoms with Crippen molar-refractivity contribution in [2.45, 2.75) is 19.9 Å². The van der Waals surface area contributed by atoms with E-state index in [1.165, 1.54) is 5.97 Å². The number of rotatable bonds is 4. The number of hydrogen-bond donors (Lipinski definition) is 1. The molecule has 2 radical (unpaired) electrons. The van der Waals surface area contributed by atoms with Gasteiger partial charge in [0.15, 0.2) is 0 Å². The Kier molecular flexibility index (Phi) is 7.48. The lowest BCUT2D eigenvalue weighted by molar-refractivity contribution is 0.383. The van der Waals surface area contributed by atoms with E-state index in [4.69, 9.17) is 5.26 Å². The third-order valence-electron chi connectivity index (χ3n) is 2.19. The largest absolute Gasteiger partial charge is 0.328 e. The molecule has 0 unspecified atom stereocenters. The van der Waals surface area contributed by atoms with E-state index >= 15 is 0 Å². The molecule has 1 aromatic rings. The minimum Gasteiger partial charge on any atom is -0.309 e. The highest BCUT2D eigenvalue weighted by Gasteiger charge is 2.00. The molecule has 0 aliphatic rings. The summed E-state index contributed by atoms with van der Waals surface area (Å²) in [7, 11) is 8.13. The third kappa shape index (κ3) is 6.06. The Labute approximate surface area is 107 Å². The molecule has 0 amide bonds. The molecule has 18 heavy (non-hydrogen) atoms. The standard InChI is InChI=1S/C10H17N3O2.CBN/c1-8-7-13(6-4-5-12(2)3)10(15)11-9(8)14;2-1-3/h7H,4-6H2,1-3H3,(H,11,14,15);. The Morgan fingerprint density at radius 2 is 2.06 bits per heavy atom. The van der Waals surface area contributed by atoms with Crippen molar-refractivity contribution >= 4 is 7.85 Å². The van der Waals surface area contributed by atoms with Crippen LogP contribution in [0.2, 0.25) is 0 Å². The van der Waals surface area contributed by atoms with Crippen LogP contribution in [0, 0.1) is 18.2 Å². The van der Waals surface area contributed by atoms with Crippen LogP contribution in [0.4, 0.5) is 0 Å². The van der Waals surface area contributed by atoms with Gasteiger partial charge in [-0.2, -0.15) is 0 Å². The van der Waals surface area contributed by atoms with Gasteiger partial charge in [-0.3, -0.25) is 9.78 Å². The number of nitriles is 1. The number of aryl methyl sites for hydroxylation is 2. The Balaban J connectivity index is 0.000000873. The van der Waals surface area contributed by atoms with Gasteiger partial charge in [0.2, 0.25) is 7.85 Å². The molecular formula is C11H17BN4O2. The molecule has 0 fully saturated rings. The molecule has 0 atom stereocenters. The van der Waals surface area contributed by atoms with E-state index in [1.807, 2.05) is 14.1 Å². The summed E-state index contributed by atoms with van der Waals surface area (Å²) in [5.74, 6) is 1.25. The Bertz CT molecular complexity index is 513. The second kappa shape index (κ2) is 8.31. The van der Waals surface area contributed by atoms with Crippen LogP contribution in [0.15, 0.2) is 15.8 Å². The topological polar surface area (TPSA) is 81.9 Å². The normalized spacial score (nSPS) is 9.50. The fourth-order valence-electron chi connectivity index (χ4n) is 1.34. The van der Waals surface area contributed by atoms with Crippen LogP contribution < -0.4 is 11.2 Å². The lowest BCUT2D eigenvalue weighted by Crippen LogP contribution is -2.31. The summed E-state index contributed by atoms with van der Waals surface area (Å²) in [5.41, 5.74) is -0.0623. The van der Waals surface area contributed by atoms with E-state index < -0.39 is 0 Å². The van der Waals surface area contributed by atoms with Gasteiger partial charge in [-0.25, -0.2) is 10.1 Å². The lowest BCUT2D eigenvalue weighted by atomic mass is 10.2. The average molecular weight is 248 g/mol. The van der Waals surface area contributed by atoms with Gasteiger partial charge in [0, 0.05) is 18.3 Å². The molecule has 0 aromatic carbocycles. The molecule has 0 aliphatic heterocycles. The van der Waals surface area contributed by atoms with E-state index in [2.05, 4.69) is 17.7 Å². The number of H-pyrrole nitrogens is 1. The van der Waals surface area contributed by atoms with Gasteiger partial charge >= 0.3 is 5.69 Å². The van der Waals surface area contributed by atoms with E-state index in [0.29, 0.717) is 12.1 Å². The van der Waals surface area contributed by atoms with Crippen LogP contribution in [-0.2, 0) is 6.54 Å². The van der Waals surface area contributed by atoms with Crippen molar-refractivity contribution in [1.82, 2.24) is 14.5 Å². The van der Waals surface area contributed by atoms with Crippen molar-refractivity contribution in [3.63, 3.8) is 0 Å². The Morgan fingerprint density at radius 3 is 2.56 bits per heavy atom. The predicted octanol–water partition coefficient (Wildman–Crippen LogP) is -0.567. The van der Waals surface area contributed by atoms with Crippen molar-refractivity contribution in [1.29, 1.82) is 5.26 Å². The first-order valence-corrected chi connectivity index (χ1v) is 5.47. The zero-order chi connectivity index (χ0) is 14.1. The van der Waals surface area contributed by atoms with Crippen LogP contribution >= 0.6 is 0 Å². The summed E-state index contributed by atoms with van der Waals surface area (Å²) < 4.78 is 1.54. The number of nitrogens with one attached hydrogen (secondary N) is 1. The van der Waals surface area contributed by atoms with Crippen molar-refractivity contribution in [2.75, 3.05) is 20.6 Å². The Morgan fingerprint density at radius 1 is 1.50 bits per heavy atom. The van der Waals surface area contributed by atoms with Crippen LogP contribution in [0.25, 0.3) is 0 Å². The highest BCUT2D eigenvalue weighted by molar-refractivity contribution is 6.20. The lowest BCUT2D eigenvalue weighted by Gasteiger charge is -2.10. The summed E-state index contributed by atoms with van der Waals surface area (Å²) in [5, 5.41) is 7.10. The maximum absolute atomic E-state index is 11.4. The molecule has 0 bridgehead atoms. The quantitative estimate of drug-likeness (QED) is 0.723. The fraction of sp³-hybridized carbons (Fsp3) is 0.545. The monoisotopic (exact) mass is 248 g/mol. The van der Waals surface area contributed by atoms with Crippen LogP contribution in [0.3, 0.4) is 0 Å². The Hall–Kier alpha value is -1.81. The molecule has 1 heterocycles. The van der Waals surface area contributed by atoms with Gasteiger partial charge in [-0.1, -0.05) is 0 Å². The first-order chi connectivity index (χ1) is 8.42. The average Bonchev–Trinajstić information content (AvgIpc) is 2.26. The van der Waals surface area contributed by atoms with Gasteiger partial charge in [0.05, 0.1) is 0 Å². The summed E-state index contributed by atoms with van der Waals surface area (Å²) in [6.07, 6.45) is 2.50. The van der Waals surface area contributed by atoms with Crippen molar-refractivity contribution < 1.29 is 0 Å². The van der Waals surface area contributed by atoms with Gasteiger partial charge < -0.3 is 9.47 Å². The molecule has 1 aromatic heterocycles. The second-order valence-corrected chi connectivity index (χ2v) is 4.05. The zero-order valence-electron chi connectivity index (χ0n) is 10.9. The number of hydrogen-bond acceptors (Lipinski definition) is 4. The first kappa shape index (κ1) is 16.2. The van der Waals surface area contributed by atoms with Gasteiger partial charge in [0.25, 0.3) is 5.56 Å². The molecule has 96 valence electrons. The molecule has 0 saturated heterocycles. The fourth-order valence-corrected chi connectivity index (χ4v) is 1.34. The van der Waals surface area contributed by atoms with Gasteiger partial charge in [0.1, 0.15) is 0 Å². The number of aromatic nitrogens is 2. The molecule has 1 rings (SSSR count). The van der Waals surface area contributed by atoms with Crippen molar-refractivity contribution in [2.24, 2.45) is 0 Å². The van der Waals surface area contributed by atoms with Crippen LogP contribution in [0.1, 0.15) is 12.0 Å². The molecular weight excluding hydrogens is 231 g/mol. The molecule has 0 spiro atoms. The third-order valence-corrected chi connectivity index (χ3v) is 2.19. The number of aromatic amines is 1. The van der Waals surface area contributed by atoms with E-state index in [0.717, 1.165) is 13.0 Å². The van der Waals surface area contributed by atoms with Crippen molar-refractivity contribution in [3.05, 3.63) is 32.6 Å². The maximum Gasteiger partial charge on any atom is 0.328 e. The van der Waals surface area contributed by atoms with Crippen LogP contribution in [-0.4, -0.2) is 42.9 Å². The predicted molar refractivity (Wildman–Crippen MR) is 70.6 cm³/mol.